The third-order valence-electron chi connectivity index (χ3n) is 5.05. The van der Waals surface area contributed by atoms with Crippen LogP contribution in [0.3, 0.4) is 0 Å². The molecule has 4 rings (SSSR count). The van der Waals surface area contributed by atoms with Crippen LogP contribution in [0, 0.1) is 10.1 Å². The minimum Gasteiger partial charge on any atom is -0.490 e. The molecule has 0 aliphatic carbocycles. The fourth-order valence-electron chi connectivity index (χ4n) is 3.33. The van der Waals surface area contributed by atoms with Crippen molar-refractivity contribution in [3.8, 4) is 17.4 Å². The van der Waals surface area contributed by atoms with Gasteiger partial charge in [-0.15, -0.1) is 0 Å². The summed E-state index contributed by atoms with van der Waals surface area (Å²) >= 11 is 0. The Kier molecular flexibility index (Phi) is 7.14. The quantitative estimate of drug-likeness (QED) is 0.148. The molecule has 0 spiro atoms. The number of imide groups is 1. The van der Waals surface area contributed by atoms with E-state index in [0.717, 1.165) is 11.1 Å². The molecule has 13 nitrogen and oxygen atoms in total. The molecule has 1 saturated heterocycles. The average Bonchev–Trinajstić information content (AvgIpc) is 3.46. The van der Waals surface area contributed by atoms with Gasteiger partial charge in [-0.2, -0.15) is 0 Å². The normalized spacial score (nSPS) is 14.0. The van der Waals surface area contributed by atoms with Gasteiger partial charge in [-0.1, -0.05) is 6.07 Å². The van der Waals surface area contributed by atoms with Crippen molar-refractivity contribution in [2.75, 3.05) is 13.7 Å². The van der Waals surface area contributed by atoms with Crippen LogP contribution in [0.1, 0.15) is 28.8 Å². The van der Waals surface area contributed by atoms with Crippen LogP contribution in [0.2, 0.25) is 0 Å². The molecule has 0 saturated carbocycles. The van der Waals surface area contributed by atoms with Gasteiger partial charge in [0, 0.05) is 12.1 Å². The lowest BCUT2D eigenvalue weighted by Crippen LogP contribution is -2.30. The number of carbonyl (C=O) groups excluding carboxylic acids is 3. The summed E-state index contributed by atoms with van der Waals surface area (Å²) in [5.41, 5.74) is 0.384. The molecule has 1 aromatic carbocycles. The number of rotatable bonds is 9. The lowest BCUT2D eigenvalue weighted by molar-refractivity contribution is -0.385. The highest BCUT2D eigenvalue weighted by atomic mass is 16.6. The van der Waals surface area contributed by atoms with Gasteiger partial charge in [0.05, 0.1) is 25.2 Å². The number of urea groups is 1. The second-order valence-electron chi connectivity index (χ2n) is 7.49. The van der Waals surface area contributed by atoms with Crippen molar-refractivity contribution in [2.24, 2.45) is 0 Å². The van der Waals surface area contributed by atoms with E-state index in [4.69, 9.17) is 13.9 Å². The number of hydrogen-bond donors (Lipinski definition) is 1. The SMILES string of the molecule is CCOc1cc(/C=C2\NC(=O)N(Cc3ccc(C(=O)OC)o3)C2=O)ccc1Oc1ccc([N+](=O)[O-])cn1. The summed E-state index contributed by atoms with van der Waals surface area (Å²) in [6.07, 6.45) is 2.55. The number of amides is 3. The van der Waals surface area contributed by atoms with E-state index in [0.29, 0.717) is 23.7 Å². The number of nitro groups is 1. The van der Waals surface area contributed by atoms with Crippen LogP contribution in [0.25, 0.3) is 6.08 Å². The molecule has 1 aliphatic heterocycles. The highest BCUT2D eigenvalue weighted by Crippen LogP contribution is 2.33. The highest BCUT2D eigenvalue weighted by Gasteiger charge is 2.34. The van der Waals surface area contributed by atoms with Gasteiger partial charge in [-0.25, -0.2) is 14.6 Å². The molecular weight excluding hydrogens is 488 g/mol. The van der Waals surface area contributed by atoms with E-state index in [1.807, 2.05) is 0 Å². The van der Waals surface area contributed by atoms with Crippen molar-refractivity contribution in [1.82, 2.24) is 15.2 Å². The zero-order valence-corrected chi connectivity index (χ0v) is 19.6. The summed E-state index contributed by atoms with van der Waals surface area (Å²) in [5.74, 6) is -0.329. The lowest BCUT2D eigenvalue weighted by atomic mass is 10.1. The number of ether oxygens (including phenoxy) is 3. The van der Waals surface area contributed by atoms with Crippen LogP contribution in [0.15, 0.2) is 58.8 Å². The van der Waals surface area contributed by atoms with Crippen LogP contribution >= 0.6 is 0 Å². The fourth-order valence-corrected chi connectivity index (χ4v) is 3.33. The van der Waals surface area contributed by atoms with Gasteiger partial charge in [-0.05, 0) is 42.8 Å². The van der Waals surface area contributed by atoms with Crippen LogP contribution in [-0.4, -0.2) is 46.4 Å². The molecule has 1 aliphatic rings. The van der Waals surface area contributed by atoms with Gasteiger partial charge in [0.15, 0.2) is 11.5 Å². The van der Waals surface area contributed by atoms with E-state index in [9.17, 15) is 24.5 Å². The number of benzene rings is 1. The Bertz CT molecular complexity index is 1400. The summed E-state index contributed by atoms with van der Waals surface area (Å²) in [5, 5.41) is 13.3. The molecule has 0 atom stereocenters. The second-order valence-corrected chi connectivity index (χ2v) is 7.49. The van der Waals surface area contributed by atoms with Gasteiger partial charge < -0.3 is 23.9 Å². The van der Waals surface area contributed by atoms with E-state index in [1.165, 1.54) is 37.5 Å². The van der Waals surface area contributed by atoms with E-state index >= 15 is 0 Å². The zero-order chi connectivity index (χ0) is 26.5. The van der Waals surface area contributed by atoms with E-state index < -0.39 is 22.8 Å². The maximum absolute atomic E-state index is 12.8. The monoisotopic (exact) mass is 508 g/mol. The molecule has 0 radical (unpaired) electrons. The smallest absolute Gasteiger partial charge is 0.373 e. The second kappa shape index (κ2) is 10.6. The van der Waals surface area contributed by atoms with Gasteiger partial charge in [0.2, 0.25) is 11.6 Å². The van der Waals surface area contributed by atoms with Crippen LogP contribution in [-0.2, 0) is 16.1 Å². The van der Waals surface area contributed by atoms with E-state index in [-0.39, 0.29) is 35.3 Å². The first-order valence-electron chi connectivity index (χ1n) is 10.9. The molecular formula is C24H20N4O9. The summed E-state index contributed by atoms with van der Waals surface area (Å²) in [6, 6.07) is 9.65. The summed E-state index contributed by atoms with van der Waals surface area (Å²) < 4.78 is 21.2. The Balaban J connectivity index is 1.51. The minimum atomic E-state index is -0.675. The van der Waals surface area contributed by atoms with Crippen molar-refractivity contribution < 1.29 is 37.9 Å². The number of nitrogens with zero attached hydrogens (tertiary/aromatic N) is 3. The number of nitrogens with one attached hydrogen (secondary N) is 1. The molecule has 13 heteroatoms. The Morgan fingerprint density at radius 2 is 2.00 bits per heavy atom. The predicted molar refractivity (Wildman–Crippen MR) is 126 cm³/mol. The number of aromatic nitrogens is 1. The van der Waals surface area contributed by atoms with E-state index in [1.54, 1.807) is 25.1 Å². The van der Waals surface area contributed by atoms with Gasteiger partial charge in [-0.3, -0.25) is 19.8 Å². The Hall–Kier alpha value is -5.20. The van der Waals surface area contributed by atoms with Crippen molar-refractivity contribution >= 4 is 29.7 Å². The fraction of sp³-hybridized carbons (Fsp3) is 0.167. The Labute approximate surface area is 209 Å². The van der Waals surface area contributed by atoms with Crippen molar-refractivity contribution in [3.63, 3.8) is 0 Å². The lowest BCUT2D eigenvalue weighted by Gasteiger charge is -2.12. The third kappa shape index (κ3) is 5.56. The molecule has 1 fully saturated rings. The van der Waals surface area contributed by atoms with E-state index in [2.05, 4.69) is 15.0 Å². The van der Waals surface area contributed by atoms with Gasteiger partial charge >= 0.3 is 12.0 Å². The summed E-state index contributed by atoms with van der Waals surface area (Å²) in [7, 11) is 1.21. The first kappa shape index (κ1) is 24.9. The number of pyridine rings is 1. The predicted octanol–water partition coefficient (Wildman–Crippen LogP) is 3.65. The topological polar surface area (TPSA) is 163 Å². The maximum atomic E-state index is 12.8. The summed E-state index contributed by atoms with van der Waals surface area (Å²) in [4.78, 5) is 51.9. The number of furan rings is 1. The van der Waals surface area contributed by atoms with Gasteiger partial charge in [0.25, 0.3) is 11.6 Å². The molecule has 190 valence electrons. The number of methoxy groups -OCH3 is 1. The highest BCUT2D eigenvalue weighted by molar-refractivity contribution is 6.13. The number of hydrogen-bond acceptors (Lipinski definition) is 10. The largest absolute Gasteiger partial charge is 0.490 e. The first-order valence-corrected chi connectivity index (χ1v) is 10.9. The van der Waals surface area contributed by atoms with Crippen LogP contribution in [0.4, 0.5) is 10.5 Å². The molecule has 3 aromatic rings. The Morgan fingerprint density at radius 3 is 2.68 bits per heavy atom. The van der Waals surface area contributed by atoms with Crippen molar-refractivity contribution in [2.45, 2.75) is 13.5 Å². The third-order valence-corrected chi connectivity index (χ3v) is 5.05. The summed E-state index contributed by atoms with van der Waals surface area (Å²) in [6.45, 7) is 1.90. The Morgan fingerprint density at radius 1 is 1.19 bits per heavy atom. The molecule has 2 aromatic heterocycles. The van der Waals surface area contributed by atoms with Crippen molar-refractivity contribution in [3.05, 3.63) is 81.6 Å². The molecule has 3 amide bonds. The zero-order valence-electron chi connectivity index (χ0n) is 19.6. The van der Waals surface area contributed by atoms with Gasteiger partial charge in [0.1, 0.15) is 17.7 Å². The maximum Gasteiger partial charge on any atom is 0.373 e. The van der Waals surface area contributed by atoms with Crippen molar-refractivity contribution in [1.29, 1.82) is 0 Å². The molecule has 3 heterocycles. The van der Waals surface area contributed by atoms with Crippen LogP contribution in [0.5, 0.6) is 17.4 Å². The number of carbonyl (C=O) groups is 3. The molecule has 1 N–H and O–H groups in total. The molecule has 0 unspecified atom stereocenters. The van der Waals surface area contributed by atoms with Crippen LogP contribution < -0.4 is 14.8 Å². The standard InChI is InChI=1S/C24H20N4O9/c1-3-35-20-11-14(4-7-18(20)37-21-9-5-15(12-25-21)28(32)33)10-17-22(29)27(24(31)26-17)13-16-6-8-19(36-16)23(30)34-2/h4-12H,3,13H2,1-2H3,(H,26,31)/b17-10-. The minimum absolute atomic E-state index is 0.0258. The molecule has 0 bridgehead atoms. The molecule has 37 heavy (non-hydrogen) atoms. The number of esters is 1. The first-order chi connectivity index (χ1) is 17.8. The average molecular weight is 508 g/mol.